The van der Waals surface area contributed by atoms with E-state index in [9.17, 15) is 16.8 Å². The van der Waals surface area contributed by atoms with Crippen molar-refractivity contribution in [2.45, 2.75) is 9.79 Å². The second-order valence-electron chi connectivity index (χ2n) is 7.02. The minimum atomic E-state index is -4.58. The smallest absolute Gasteiger partial charge is 0.241 e. The van der Waals surface area contributed by atoms with Gasteiger partial charge in [-0.1, -0.05) is 24.3 Å². The van der Waals surface area contributed by atoms with Gasteiger partial charge in [-0.2, -0.15) is 5.11 Å². The summed E-state index contributed by atoms with van der Waals surface area (Å²) in [4.78, 5) is 7.32. The van der Waals surface area contributed by atoms with E-state index in [-0.39, 0.29) is 37.0 Å². The largest absolute Gasteiger partial charge is 0.384 e. The van der Waals surface area contributed by atoms with Crippen molar-refractivity contribution < 1.29 is 16.8 Å². The molecule has 0 saturated carbocycles. The summed E-state index contributed by atoms with van der Waals surface area (Å²) in [5, 5.41) is 14.0. The number of benzene rings is 2. The summed E-state index contributed by atoms with van der Waals surface area (Å²) in [5.74, 6) is 0.192. The lowest BCUT2D eigenvalue weighted by Crippen LogP contribution is -2.31. The number of aromatic nitrogens is 1. The van der Waals surface area contributed by atoms with Crippen molar-refractivity contribution in [2.24, 2.45) is 26.1 Å². The van der Waals surface area contributed by atoms with Gasteiger partial charge in [-0.3, -0.25) is 0 Å². The van der Waals surface area contributed by atoms with Gasteiger partial charge in [0.15, 0.2) is 12.5 Å². The number of nitrogens with one attached hydrogen (secondary N) is 1. The molecule has 1 aromatic heterocycles. The van der Waals surface area contributed by atoms with E-state index in [4.69, 9.17) is 16.6 Å². The van der Waals surface area contributed by atoms with Crippen LogP contribution in [0.1, 0.15) is 5.56 Å². The Labute approximate surface area is 189 Å². The predicted molar refractivity (Wildman–Crippen MR) is 123 cm³/mol. The predicted octanol–water partition coefficient (Wildman–Crippen LogP) is 0.538. The molecule has 7 N–H and O–H groups in total. The molecule has 4 rings (SSSR count). The van der Waals surface area contributed by atoms with Gasteiger partial charge in [0, 0.05) is 24.0 Å². The number of nitrogen functional groups attached to an aromatic ring is 1. The van der Waals surface area contributed by atoms with Gasteiger partial charge < -0.3 is 11.5 Å². The first-order valence-corrected chi connectivity index (χ1v) is 12.6. The topological polar surface area (TPSA) is 208 Å². The standard InChI is InChI=1S/C19H20N8O4S2/c20-8-9-25-33(30,31)14-6-5-12(13-3-1-2-11-4-7-15(21)26-17(11)13)16(18(14)32(22,28)29)19-23-10-24-27-19/h1-7,25H,8-10,20H2,(H2,21,26)(H2,22,28,29). The van der Waals surface area contributed by atoms with Crippen LogP contribution in [0.4, 0.5) is 5.82 Å². The Balaban J connectivity index is 2.14. The number of fused-ring (bicyclic) bond motifs is 1. The molecule has 0 atom stereocenters. The van der Waals surface area contributed by atoms with Crippen LogP contribution in [0.25, 0.3) is 22.0 Å². The fourth-order valence-corrected chi connectivity index (χ4v) is 6.16. The van der Waals surface area contributed by atoms with E-state index in [1.807, 2.05) is 6.07 Å². The molecule has 0 aliphatic carbocycles. The van der Waals surface area contributed by atoms with Gasteiger partial charge in [-0.15, -0.1) is 5.11 Å². The van der Waals surface area contributed by atoms with Gasteiger partial charge in [-0.05, 0) is 23.8 Å². The van der Waals surface area contributed by atoms with Gasteiger partial charge >= 0.3 is 0 Å². The van der Waals surface area contributed by atoms with Crippen molar-refractivity contribution in [1.82, 2.24) is 9.71 Å². The summed E-state index contributed by atoms with van der Waals surface area (Å²) >= 11 is 0. The molecule has 0 unspecified atom stereocenters. The van der Waals surface area contributed by atoms with Crippen LogP contribution in [-0.4, -0.2) is 47.4 Å². The van der Waals surface area contributed by atoms with E-state index in [2.05, 4.69) is 24.9 Å². The maximum absolute atomic E-state index is 12.9. The monoisotopic (exact) mass is 488 g/mol. The SMILES string of the molecule is NCCNS(=O)(=O)c1ccc(-c2cccc3ccc(N)nc23)c(C2=NCN=N2)c1S(N)(=O)=O. The highest BCUT2D eigenvalue weighted by Crippen LogP contribution is 2.37. The molecule has 1 aliphatic rings. The van der Waals surface area contributed by atoms with Crippen molar-refractivity contribution in [3.8, 4) is 11.1 Å². The van der Waals surface area contributed by atoms with Gasteiger partial charge in [-0.25, -0.2) is 36.7 Å². The normalized spacial score (nSPS) is 14.1. The van der Waals surface area contributed by atoms with Crippen molar-refractivity contribution >= 4 is 42.6 Å². The summed E-state index contributed by atoms with van der Waals surface area (Å²) < 4.78 is 53.6. The maximum atomic E-state index is 12.9. The molecule has 0 bridgehead atoms. The van der Waals surface area contributed by atoms with Gasteiger partial charge in [0.1, 0.15) is 15.6 Å². The van der Waals surface area contributed by atoms with Crippen molar-refractivity contribution in [2.75, 3.05) is 25.5 Å². The average molecular weight is 489 g/mol. The van der Waals surface area contributed by atoms with E-state index >= 15 is 0 Å². The summed E-state index contributed by atoms with van der Waals surface area (Å²) in [6, 6.07) is 11.3. The number of pyridine rings is 1. The third-order valence-corrected chi connectivity index (χ3v) is 7.46. The van der Waals surface area contributed by atoms with Gasteiger partial charge in [0.05, 0.1) is 11.1 Å². The van der Waals surface area contributed by atoms with E-state index in [0.29, 0.717) is 16.6 Å². The third kappa shape index (κ3) is 4.34. The van der Waals surface area contributed by atoms with Crippen LogP contribution in [0, 0.1) is 0 Å². The van der Waals surface area contributed by atoms with E-state index in [1.54, 1.807) is 24.3 Å². The number of nitrogens with two attached hydrogens (primary N) is 3. The number of para-hydroxylation sites is 1. The molecule has 0 saturated heterocycles. The summed E-state index contributed by atoms with van der Waals surface area (Å²) in [7, 11) is -8.87. The zero-order valence-electron chi connectivity index (χ0n) is 17.1. The number of azo groups is 1. The quantitative estimate of drug-likeness (QED) is 0.370. The van der Waals surface area contributed by atoms with Gasteiger partial charge in [0.25, 0.3) is 0 Å². The Morgan fingerprint density at radius 3 is 2.45 bits per heavy atom. The summed E-state index contributed by atoms with van der Waals surface area (Å²) in [5.41, 5.74) is 12.5. The Kier molecular flexibility index (Phi) is 5.94. The maximum Gasteiger partial charge on any atom is 0.241 e. The number of hydrogen-bond acceptors (Lipinski definition) is 10. The summed E-state index contributed by atoms with van der Waals surface area (Å²) in [6.07, 6.45) is 0. The molecule has 0 spiro atoms. The molecule has 172 valence electrons. The first-order chi connectivity index (χ1) is 15.6. The zero-order valence-corrected chi connectivity index (χ0v) is 18.8. The van der Waals surface area contributed by atoms with Crippen LogP contribution in [0.5, 0.6) is 0 Å². The molecule has 33 heavy (non-hydrogen) atoms. The van der Waals surface area contributed by atoms with Gasteiger partial charge in [0.2, 0.25) is 20.0 Å². The van der Waals surface area contributed by atoms with Crippen LogP contribution >= 0.6 is 0 Å². The zero-order chi connectivity index (χ0) is 23.8. The Hall–Kier alpha value is -3.30. The second-order valence-corrected chi connectivity index (χ2v) is 10.3. The summed E-state index contributed by atoms with van der Waals surface area (Å²) in [6.45, 7) is -0.127. The number of rotatable bonds is 7. The highest BCUT2D eigenvalue weighted by atomic mass is 32.2. The van der Waals surface area contributed by atoms with E-state index < -0.39 is 29.8 Å². The lowest BCUT2D eigenvalue weighted by atomic mass is 9.96. The molecule has 2 heterocycles. The number of sulfonamides is 2. The number of primary sulfonamides is 1. The lowest BCUT2D eigenvalue weighted by molar-refractivity contribution is 0.573. The fraction of sp³-hybridized carbons (Fsp3) is 0.158. The number of amidine groups is 1. The molecule has 2 aromatic carbocycles. The highest BCUT2D eigenvalue weighted by molar-refractivity contribution is 7.92. The average Bonchev–Trinajstić information content (AvgIpc) is 3.30. The Morgan fingerprint density at radius 2 is 1.79 bits per heavy atom. The molecular formula is C19H20N8O4S2. The van der Waals surface area contributed by atoms with Crippen LogP contribution in [-0.2, 0) is 20.0 Å². The van der Waals surface area contributed by atoms with E-state index in [1.165, 1.54) is 6.07 Å². The van der Waals surface area contributed by atoms with E-state index in [0.717, 1.165) is 11.5 Å². The van der Waals surface area contributed by atoms with Crippen molar-refractivity contribution in [1.29, 1.82) is 0 Å². The number of hydrogen-bond donors (Lipinski definition) is 4. The van der Waals surface area contributed by atoms with Crippen LogP contribution in [0.3, 0.4) is 0 Å². The Bertz CT molecular complexity index is 1530. The molecule has 1 aliphatic heterocycles. The molecular weight excluding hydrogens is 468 g/mol. The van der Waals surface area contributed by atoms with Crippen molar-refractivity contribution in [3.05, 3.63) is 48.0 Å². The van der Waals surface area contributed by atoms with Crippen LogP contribution in [0.2, 0.25) is 0 Å². The molecule has 14 heteroatoms. The fourth-order valence-electron chi connectivity index (χ4n) is 3.51. The van der Waals surface area contributed by atoms with Crippen LogP contribution < -0.4 is 21.3 Å². The molecule has 0 fully saturated rings. The molecule has 0 amide bonds. The number of aliphatic imine (C=N–C) groups is 1. The molecule has 0 radical (unpaired) electrons. The number of anilines is 1. The second kappa shape index (κ2) is 8.57. The molecule has 3 aromatic rings. The van der Waals surface area contributed by atoms with Crippen molar-refractivity contribution in [3.63, 3.8) is 0 Å². The minimum Gasteiger partial charge on any atom is -0.384 e. The molecule has 12 nitrogen and oxygen atoms in total. The number of nitrogens with zero attached hydrogens (tertiary/aromatic N) is 4. The third-order valence-electron chi connectivity index (χ3n) is 4.84. The van der Waals surface area contributed by atoms with Crippen LogP contribution in [0.15, 0.2) is 67.5 Å². The first kappa shape index (κ1) is 22.9. The first-order valence-electron chi connectivity index (χ1n) is 9.61. The lowest BCUT2D eigenvalue weighted by Gasteiger charge is -2.18. The Morgan fingerprint density at radius 1 is 1.00 bits per heavy atom. The minimum absolute atomic E-state index is 0.0128. The highest BCUT2D eigenvalue weighted by Gasteiger charge is 2.32.